The van der Waals surface area contributed by atoms with E-state index in [9.17, 15) is 9.90 Å². The summed E-state index contributed by atoms with van der Waals surface area (Å²) in [6, 6.07) is 8.94. The van der Waals surface area contributed by atoms with Gasteiger partial charge in [-0.2, -0.15) is 9.61 Å². The molecule has 9 heteroatoms. The van der Waals surface area contributed by atoms with E-state index >= 15 is 0 Å². The summed E-state index contributed by atoms with van der Waals surface area (Å²) < 4.78 is 7.86. The Morgan fingerprint density at radius 1 is 1.34 bits per heavy atom. The van der Waals surface area contributed by atoms with Gasteiger partial charge in [-0.3, -0.25) is 4.79 Å². The molecule has 1 aliphatic heterocycles. The molecule has 3 heterocycles. The molecule has 152 valence electrons. The summed E-state index contributed by atoms with van der Waals surface area (Å²) in [6.45, 7) is 1.87. The van der Waals surface area contributed by atoms with Crippen molar-refractivity contribution in [1.29, 1.82) is 0 Å². The second-order valence-corrected chi connectivity index (χ2v) is 7.70. The molecule has 1 fully saturated rings. The fourth-order valence-corrected chi connectivity index (χ4v) is 3.65. The minimum absolute atomic E-state index is 0.0355. The first-order valence-corrected chi connectivity index (χ1v) is 10.4. The number of carbonyl (C=O) groups is 1. The summed E-state index contributed by atoms with van der Waals surface area (Å²) in [5, 5.41) is 20.8. The number of fused-ring (bicyclic) bond motifs is 1. The Kier molecular flexibility index (Phi) is 5.96. The number of hydrogen-bond donors (Lipinski definition) is 3. The van der Waals surface area contributed by atoms with Gasteiger partial charge in [-0.25, -0.2) is 4.98 Å². The van der Waals surface area contributed by atoms with Crippen molar-refractivity contribution >= 4 is 33.3 Å². The number of phenols is 1. The highest BCUT2D eigenvalue weighted by atomic mass is 79.9. The van der Waals surface area contributed by atoms with Crippen molar-refractivity contribution in [2.24, 2.45) is 0 Å². The van der Waals surface area contributed by atoms with E-state index in [0.717, 1.165) is 29.6 Å². The number of ether oxygens (including phenoxy) is 1. The number of para-hydroxylation sites is 1. The van der Waals surface area contributed by atoms with Gasteiger partial charge in [-0.15, -0.1) is 0 Å². The maximum absolute atomic E-state index is 12.0. The predicted octanol–water partition coefficient (Wildman–Crippen LogP) is 2.96. The quantitative estimate of drug-likeness (QED) is 0.469. The molecule has 1 unspecified atom stereocenters. The van der Waals surface area contributed by atoms with Crippen molar-refractivity contribution in [1.82, 2.24) is 19.9 Å². The van der Waals surface area contributed by atoms with Crippen LogP contribution in [-0.2, 0) is 9.53 Å². The van der Waals surface area contributed by atoms with E-state index in [1.807, 2.05) is 18.2 Å². The lowest BCUT2D eigenvalue weighted by Gasteiger charge is -2.13. The van der Waals surface area contributed by atoms with Crippen molar-refractivity contribution in [2.45, 2.75) is 25.4 Å². The van der Waals surface area contributed by atoms with Crippen LogP contribution in [0.1, 0.15) is 19.3 Å². The zero-order valence-corrected chi connectivity index (χ0v) is 17.4. The third-order valence-corrected chi connectivity index (χ3v) is 5.35. The van der Waals surface area contributed by atoms with Crippen LogP contribution in [0.3, 0.4) is 0 Å². The topological polar surface area (TPSA) is 101 Å². The normalized spacial score (nSPS) is 16.2. The SMILES string of the molecule is O=C(NCCCNc1cc(-c2ccccc2O)nc2c(Br)cnn12)C1CCCO1. The summed E-state index contributed by atoms with van der Waals surface area (Å²) in [5.74, 6) is 0.888. The van der Waals surface area contributed by atoms with Crippen LogP contribution in [0.4, 0.5) is 5.82 Å². The van der Waals surface area contributed by atoms with Gasteiger partial charge in [-0.05, 0) is 47.3 Å². The molecular weight excluding hydrogens is 438 g/mol. The molecule has 3 aromatic rings. The van der Waals surface area contributed by atoms with E-state index in [1.165, 1.54) is 0 Å². The molecule has 1 amide bonds. The number of halogens is 1. The fraction of sp³-hybridized carbons (Fsp3) is 0.350. The van der Waals surface area contributed by atoms with E-state index < -0.39 is 0 Å². The second kappa shape index (κ2) is 8.79. The van der Waals surface area contributed by atoms with Crippen LogP contribution >= 0.6 is 15.9 Å². The molecule has 1 saturated heterocycles. The molecule has 4 rings (SSSR count). The lowest BCUT2D eigenvalue weighted by molar-refractivity contribution is -0.130. The first-order chi connectivity index (χ1) is 14.1. The Hall–Kier alpha value is -2.65. The number of aromatic nitrogens is 3. The standard InChI is InChI=1S/C20H22BrN5O3/c21-14-12-24-26-18(22-8-4-9-23-20(28)17-7-3-10-29-17)11-15(25-19(14)26)13-5-1-2-6-16(13)27/h1-2,5-6,11-12,17,22,27H,3-4,7-10H2,(H,23,28). The van der Waals surface area contributed by atoms with Gasteiger partial charge >= 0.3 is 0 Å². The smallest absolute Gasteiger partial charge is 0.249 e. The predicted molar refractivity (Wildman–Crippen MR) is 113 cm³/mol. The Morgan fingerprint density at radius 2 is 2.21 bits per heavy atom. The van der Waals surface area contributed by atoms with Crippen LogP contribution in [0.2, 0.25) is 0 Å². The lowest BCUT2D eigenvalue weighted by Crippen LogP contribution is -2.35. The number of phenolic OH excluding ortho intramolecular Hbond substituents is 1. The highest BCUT2D eigenvalue weighted by Crippen LogP contribution is 2.31. The van der Waals surface area contributed by atoms with Gasteiger partial charge in [0.05, 0.1) is 16.4 Å². The van der Waals surface area contributed by atoms with Gasteiger partial charge in [0.25, 0.3) is 0 Å². The monoisotopic (exact) mass is 459 g/mol. The van der Waals surface area contributed by atoms with E-state index in [1.54, 1.807) is 22.8 Å². The van der Waals surface area contributed by atoms with Crippen molar-refractivity contribution in [2.75, 3.05) is 25.0 Å². The molecule has 0 bridgehead atoms. The van der Waals surface area contributed by atoms with Crippen molar-refractivity contribution in [3.8, 4) is 17.0 Å². The molecule has 1 atom stereocenters. The van der Waals surface area contributed by atoms with E-state index in [2.05, 4.69) is 36.6 Å². The number of amides is 1. The molecule has 0 saturated carbocycles. The number of hydrogen-bond acceptors (Lipinski definition) is 6. The maximum Gasteiger partial charge on any atom is 0.249 e. The third-order valence-electron chi connectivity index (χ3n) is 4.79. The van der Waals surface area contributed by atoms with Gasteiger partial charge in [0.2, 0.25) is 5.91 Å². The molecule has 2 aromatic heterocycles. The minimum atomic E-state index is -0.301. The van der Waals surface area contributed by atoms with Crippen LogP contribution in [0.15, 0.2) is 41.0 Å². The second-order valence-electron chi connectivity index (χ2n) is 6.84. The number of benzene rings is 1. The first-order valence-electron chi connectivity index (χ1n) is 9.59. The Labute approximate surface area is 176 Å². The maximum atomic E-state index is 12.0. The number of aromatic hydroxyl groups is 1. The lowest BCUT2D eigenvalue weighted by atomic mass is 10.1. The van der Waals surface area contributed by atoms with Crippen molar-refractivity contribution < 1.29 is 14.6 Å². The van der Waals surface area contributed by atoms with Gasteiger partial charge in [-0.1, -0.05) is 12.1 Å². The molecule has 3 N–H and O–H groups in total. The molecule has 1 aromatic carbocycles. The third kappa shape index (κ3) is 4.35. The molecule has 29 heavy (non-hydrogen) atoms. The number of rotatable bonds is 7. The van der Waals surface area contributed by atoms with E-state index in [0.29, 0.717) is 36.6 Å². The van der Waals surface area contributed by atoms with Gasteiger partial charge < -0.3 is 20.5 Å². The van der Waals surface area contributed by atoms with Gasteiger partial charge in [0.15, 0.2) is 5.65 Å². The summed E-state index contributed by atoms with van der Waals surface area (Å²) in [4.78, 5) is 16.6. The summed E-state index contributed by atoms with van der Waals surface area (Å²) in [7, 11) is 0. The average Bonchev–Trinajstić information content (AvgIpc) is 3.38. The average molecular weight is 460 g/mol. The number of nitrogens with zero attached hydrogens (tertiary/aromatic N) is 3. The van der Waals surface area contributed by atoms with Crippen LogP contribution in [0.25, 0.3) is 16.9 Å². The Bertz CT molecular complexity index is 1020. The van der Waals surface area contributed by atoms with Gasteiger partial charge in [0.1, 0.15) is 17.7 Å². The Balaban J connectivity index is 1.44. The zero-order valence-electron chi connectivity index (χ0n) is 15.8. The molecular formula is C20H22BrN5O3. The minimum Gasteiger partial charge on any atom is -0.507 e. The Morgan fingerprint density at radius 3 is 3.00 bits per heavy atom. The number of anilines is 1. The summed E-state index contributed by atoms with van der Waals surface area (Å²) in [6.07, 6.45) is 3.87. The molecule has 1 aliphatic rings. The van der Waals surface area contributed by atoms with Crippen LogP contribution < -0.4 is 10.6 Å². The molecule has 0 aliphatic carbocycles. The van der Waals surface area contributed by atoms with Crippen LogP contribution in [0, 0.1) is 0 Å². The molecule has 0 spiro atoms. The summed E-state index contributed by atoms with van der Waals surface area (Å²) >= 11 is 3.47. The van der Waals surface area contributed by atoms with Crippen molar-refractivity contribution in [3.63, 3.8) is 0 Å². The van der Waals surface area contributed by atoms with E-state index in [4.69, 9.17) is 4.74 Å². The highest BCUT2D eigenvalue weighted by Gasteiger charge is 2.22. The molecule has 8 nitrogen and oxygen atoms in total. The van der Waals surface area contributed by atoms with Gasteiger partial charge in [0, 0.05) is 31.3 Å². The van der Waals surface area contributed by atoms with Crippen LogP contribution in [0.5, 0.6) is 5.75 Å². The van der Waals surface area contributed by atoms with Crippen molar-refractivity contribution in [3.05, 3.63) is 41.0 Å². The van der Waals surface area contributed by atoms with Crippen LogP contribution in [-0.4, -0.2) is 51.4 Å². The highest BCUT2D eigenvalue weighted by molar-refractivity contribution is 9.10. The number of nitrogens with one attached hydrogen (secondary N) is 2. The first kappa shape index (κ1) is 19.7. The largest absolute Gasteiger partial charge is 0.507 e. The fourth-order valence-electron chi connectivity index (χ4n) is 3.30. The summed E-state index contributed by atoms with van der Waals surface area (Å²) in [5.41, 5.74) is 1.95. The number of carbonyl (C=O) groups excluding carboxylic acids is 1. The molecule has 0 radical (unpaired) electrons. The van der Waals surface area contributed by atoms with E-state index in [-0.39, 0.29) is 17.8 Å². The zero-order chi connectivity index (χ0) is 20.2.